The van der Waals surface area contributed by atoms with Gasteiger partial charge < -0.3 is 26.2 Å². The second-order valence-corrected chi connectivity index (χ2v) is 10.3. The average Bonchev–Trinajstić information content (AvgIpc) is 2.86. The van der Waals surface area contributed by atoms with E-state index in [0.717, 1.165) is 6.07 Å². The first-order valence-electron chi connectivity index (χ1n) is 12.1. The van der Waals surface area contributed by atoms with Crippen LogP contribution in [0, 0.1) is 17.7 Å². The second kappa shape index (κ2) is 8.85. The van der Waals surface area contributed by atoms with Gasteiger partial charge in [-0.05, 0) is 67.7 Å². The van der Waals surface area contributed by atoms with Crippen molar-refractivity contribution in [2.45, 2.75) is 24.5 Å². The number of aldehydes is 1. The average molecular weight is 537 g/mol. The van der Waals surface area contributed by atoms with E-state index >= 15 is 0 Å². The number of carbonyl (C=O) groups excluding carboxylic acids is 4. The van der Waals surface area contributed by atoms with E-state index < -0.39 is 63.9 Å². The molecule has 1 fully saturated rings. The summed E-state index contributed by atoms with van der Waals surface area (Å²) >= 11 is 0. The van der Waals surface area contributed by atoms with Gasteiger partial charge >= 0.3 is 0 Å². The molecule has 2 aromatic carbocycles. The van der Waals surface area contributed by atoms with Crippen molar-refractivity contribution in [1.29, 1.82) is 0 Å². The van der Waals surface area contributed by atoms with Gasteiger partial charge in [0.15, 0.2) is 17.7 Å². The Balaban J connectivity index is 1.74. The Morgan fingerprint density at radius 2 is 1.85 bits per heavy atom. The summed E-state index contributed by atoms with van der Waals surface area (Å²) < 4.78 is 14.0. The molecule has 0 aromatic heterocycles. The molecular weight excluding hydrogens is 511 g/mol. The molecule has 4 atom stereocenters. The lowest BCUT2D eigenvalue weighted by atomic mass is 9.57. The number of Topliss-reactive ketones (excluding diaryl/α,β-unsaturated/α-hetero) is 2. The number of aromatic hydroxyl groups is 1. The van der Waals surface area contributed by atoms with Crippen LogP contribution in [0.5, 0.6) is 5.75 Å². The molecule has 3 aliphatic carbocycles. The van der Waals surface area contributed by atoms with E-state index in [0.29, 0.717) is 23.0 Å². The fourth-order valence-corrected chi connectivity index (χ4v) is 6.32. The molecule has 0 spiro atoms. The van der Waals surface area contributed by atoms with E-state index in [2.05, 4.69) is 0 Å². The highest BCUT2D eigenvalue weighted by atomic mass is 19.1. The number of hydrogen-bond donors (Lipinski definition) is 5. The number of halogens is 1. The topological polar surface area (TPSA) is 178 Å². The van der Waals surface area contributed by atoms with Crippen LogP contribution in [0.2, 0.25) is 0 Å². The number of benzene rings is 2. The molecule has 2 aromatic rings. The molecule has 6 N–H and O–H groups in total. The smallest absolute Gasteiger partial charge is 0.255 e. The van der Waals surface area contributed by atoms with Gasteiger partial charge in [0.2, 0.25) is 5.78 Å². The van der Waals surface area contributed by atoms with Gasteiger partial charge in [-0.3, -0.25) is 24.1 Å². The molecule has 0 saturated heterocycles. The fraction of sp³-hybridized carbons (Fsp3) is 0.286. The number of carbonyl (C=O) groups is 4. The molecule has 5 rings (SSSR count). The molecule has 11 heteroatoms. The number of phenols is 1. The zero-order valence-electron chi connectivity index (χ0n) is 20.9. The van der Waals surface area contributed by atoms with E-state index in [1.54, 1.807) is 0 Å². The second-order valence-electron chi connectivity index (χ2n) is 10.3. The predicted octanol–water partition coefficient (Wildman–Crippen LogP) is 1.58. The Hall–Kier alpha value is -4.35. The molecular formula is C28H25FN2O8. The number of aliphatic hydroxyl groups is 3. The maximum Gasteiger partial charge on any atom is 0.255 e. The maximum atomic E-state index is 14.0. The van der Waals surface area contributed by atoms with Crippen LogP contribution >= 0.6 is 0 Å². The molecule has 10 nitrogen and oxygen atoms in total. The Morgan fingerprint density at radius 3 is 2.46 bits per heavy atom. The summed E-state index contributed by atoms with van der Waals surface area (Å²) in [7, 11) is 3.03. The normalized spacial score (nSPS) is 26.3. The number of phenolic OH excluding ortho intramolecular Hbond substituents is 1. The largest absolute Gasteiger partial charge is 0.508 e. The van der Waals surface area contributed by atoms with Crippen molar-refractivity contribution < 1.29 is 44.0 Å². The minimum Gasteiger partial charge on any atom is -0.508 e. The van der Waals surface area contributed by atoms with Crippen molar-refractivity contribution in [3.8, 4) is 16.9 Å². The first-order valence-corrected chi connectivity index (χ1v) is 12.1. The highest BCUT2D eigenvalue weighted by molar-refractivity contribution is 6.24. The number of aliphatic hydroxyl groups excluding tert-OH is 2. The van der Waals surface area contributed by atoms with Crippen LogP contribution in [0.3, 0.4) is 0 Å². The third-order valence-corrected chi connectivity index (χ3v) is 8.04. The zero-order chi connectivity index (χ0) is 28.5. The number of nitrogens with zero attached hydrogens (tertiary/aromatic N) is 1. The van der Waals surface area contributed by atoms with E-state index in [-0.39, 0.29) is 35.3 Å². The van der Waals surface area contributed by atoms with Gasteiger partial charge in [0.05, 0.1) is 17.2 Å². The minimum atomic E-state index is -2.73. The summed E-state index contributed by atoms with van der Waals surface area (Å²) in [6.45, 7) is 0. The van der Waals surface area contributed by atoms with Gasteiger partial charge in [-0.1, -0.05) is 12.1 Å². The number of nitrogens with two attached hydrogens (primary N) is 1. The van der Waals surface area contributed by atoms with E-state index in [9.17, 15) is 44.0 Å². The van der Waals surface area contributed by atoms with Crippen LogP contribution in [0.15, 0.2) is 47.2 Å². The quantitative estimate of drug-likeness (QED) is 0.287. The van der Waals surface area contributed by atoms with Crippen LogP contribution < -0.4 is 5.73 Å². The highest BCUT2D eigenvalue weighted by Crippen LogP contribution is 2.53. The standard InChI is InChI=1S/C28H25FN2O8/c1-31(2)22-16-9-12-8-15-14(11-3-5-17(29)13(7-11)10-32)4-6-18(33)20(15)23(34)19(12)25(36)28(16,39)26(37)21(24(22)35)27(30)38/h3-7,10,12,16,22,33-34,37,39H,8-9H2,1-2H3,(H2,30,38). The number of likely N-dealkylation sites (N-methyl/N-ethyl adjacent to an activating group) is 1. The van der Waals surface area contributed by atoms with E-state index in [1.807, 2.05) is 0 Å². The van der Waals surface area contributed by atoms with E-state index in [1.165, 1.54) is 43.3 Å². The Morgan fingerprint density at radius 1 is 1.15 bits per heavy atom. The molecule has 3 aliphatic rings. The van der Waals surface area contributed by atoms with Crippen LogP contribution in [0.25, 0.3) is 16.9 Å². The summed E-state index contributed by atoms with van der Waals surface area (Å²) in [5.41, 5.74) is 2.45. The van der Waals surface area contributed by atoms with Crippen LogP contribution in [-0.4, -0.2) is 74.8 Å². The maximum absolute atomic E-state index is 14.0. The Labute approximate surface area is 221 Å². The van der Waals surface area contributed by atoms with E-state index in [4.69, 9.17) is 5.73 Å². The third kappa shape index (κ3) is 3.53. The molecule has 0 heterocycles. The lowest BCUT2D eigenvalue weighted by Gasteiger charge is -2.50. The SMILES string of the molecule is CN(C)C1C(=O)C(C(N)=O)=C(O)C2(O)C(=O)C3=C(O)c4c(O)ccc(-c5ccc(F)c(C=O)c5)c4CC3CC12. The van der Waals surface area contributed by atoms with Crippen molar-refractivity contribution in [1.82, 2.24) is 4.90 Å². The molecule has 0 radical (unpaired) electrons. The summed E-state index contributed by atoms with van der Waals surface area (Å²) in [5.74, 6) is -8.13. The summed E-state index contributed by atoms with van der Waals surface area (Å²) in [6.07, 6.45) is 0.361. The van der Waals surface area contributed by atoms with Gasteiger partial charge in [0.1, 0.15) is 28.7 Å². The summed E-state index contributed by atoms with van der Waals surface area (Å²) in [5, 5.41) is 44.5. The van der Waals surface area contributed by atoms with Gasteiger partial charge in [0, 0.05) is 11.5 Å². The van der Waals surface area contributed by atoms with Crippen molar-refractivity contribution in [2.24, 2.45) is 17.6 Å². The first kappa shape index (κ1) is 26.3. The van der Waals surface area contributed by atoms with Gasteiger partial charge in [0.25, 0.3) is 5.91 Å². The van der Waals surface area contributed by atoms with Crippen molar-refractivity contribution in [3.05, 3.63) is 69.7 Å². The fourth-order valence-electron chi connectivity index (χ4n) is 6.32. The monoisotopic (exact) mass is 536 g/mol. The third-order valence-electron chi connectivity index (χ3n) is 8.04. The van der Waals surface area contributed by atoms with Crippen LogP contribution in [-0.2, 0) is 20.8 Å². The van der Waals surface area contributed by atoms with Crippen LogP contribution in [0.1, 0.15) is 27.9 Å². The van der Waals surface area contributed by atoms with Crippen molar-refractivity contribution >= 4 is 29.5 Å². The van der Waals surface area contributed by atoms with Gasteiger partial charge in [-0.15, -0.1) is 0 Å². The van der Waals surface area contributed by atoms with Crippen LogP contribution in [0.4, 0.5) is 4.39 Å². The molecule has 4 unspecified atom stereocenters. The van der Waals surface area contributed by atoms with Gasteiger partial charge in [-0.25, -0.2) is 4.39 Å². The molecule has 202 valence electrons. The number of rotatable bonds is 4. The number of fused-ring (bicyclic) bond motifs is 3. The van der Waals surface area contributed by atoms with Crippen molar-refractivity contribution in [2.75, 3.05) is 14.1 Å². The number of amides is 1. The number of hydrogen-bond acceptors (Lipinski definition) is 9. The number of ketones is 2. The minimum absolute atomic E-state index is 0.0616. The number of primary amides is 1. The lowest BCUT2D eigenvalue weighted by molar-refractivity contribution is -0.153. The molecule has 0 bridgehead atoms. The molecule has 1 amide bonds. The van der Waals surface area contributed by atoms with Crippen molar-refractivity contribution in [3.63, 3.8) is 0 Å². The Bertz CT molecular complexity index is 1560. The zero-order valence-corrected chi connectivity index (χ0v) is 20.9. The predicted molar refractivity (Wildman–Crippen MR) is 135 cm³/mol. The molecule has 1 saturated carbocycles. The molecule has 39 heavy (non-hydrogen) atoms. The summed E-state index contributed by atoms with van der Waals surface area (Å²) in [6, 6.07) is 5.49. The lowest BCUT2D eigenvalue weighted by Crippen LogP contribution is -2.65. The molecule has 0 aliphatic heterocycles. The first-order chi connectivity index (χ1) is 18.3. The van der Waals surface area contributed by atoms with Gasteiger partial charge in [-0.2, -0.15) is 0 Å². The summed E-state index contributed by atoms with van der Waals surface area (Å²) in [4.78, 5) is 51.9. The Kier molecular flexibility index (Phi) is 5.96. The highest BCUT2D eigenvalue weighted by Gasteiger charge is 2.64.